The Hall–Kier alpha value is -3.59. The van der Waals surface area contributed by atoms with Crippen LogP contribution in [0.25, 0.3) is 26.9 Å². The molecule has 150 valence electrons. The molecule has 5 rings (SSSR count). The smallest absolute Gasteiger partial charge is 0.283 e. The number of benzene rings is 1. The lowest BCUT2D eigenvalue weighted by Gasteiger charge is -2.14. The Bertz CT molecular complexity index is 1450. The molecule has 1 atom stereocenters. The van der Waals surface area contributed by atoms with Crippen LogP contribution in [0, 0.1) is 6.92 Å². The first-order valence-corrected chi connectivity index (χ1v) is 10.2. The van der Waals surface area contributed by atoms with E-state index < -0.39 is 0 Å². The van der Waals surface area contributed by atoms with E-state index in [9.17, 15) is 4.79 Å². The van der Waals surface area contributed by atoms with Crippen LogP contribution < -0.4 is 10.3 Å². The third-order valence-corrected chi connectivity index (χ3v) is 6.02. The molecule has 8 nitrogen and oxygen atoms in total. The number of rotatable bonds is 4. The van der Waals surface area contributed by atoms with Crippen LogP contribution in [0.4, 0.5) is 0 Å². The predicted molar refractivity (Wildman–Crippen MR) is 116 cm³/mol. The highest BCUT2D eigenvalue weighted by molar-refractivity contribution is 7.08. The van der Waals surface area contributed by atoms with Crippen LogP contribution in [-0.4, -0.2) is 36.0 Å². The molecule has 0 aliphatic heterocycles. The first-order chi connectivity index (χ1) is 14.5. The molecule has 0 unspecified atom stereocenters. The summed E-state index contributed by atoms with van der Waals surface area (Å²) in [6.45, 7) is 3.90. The van der Waals surface area contributed by atoms with E-state index in [-0.39, 0.29) is 11.6 Å². The fourth-order valence-corrected chi connectivity index (χ4v) is 4.25. The molecule has 0 bridgehead atoms. The van der Waals surface area contributed by atoms with Gasteiger partial charge in [0.25, 0.3) is 5.56 Å². The highest BCUT2D eigenvalue weighted by atomic mass is 32.1. The maximum Gasteiger partial charge on any atom is 0.283 e. The molecule has 4 aromatic heterocycles. The molecule has 0 aliphatic carbocycles. The van der Waals surface area contributed by atoms with Gasteiger partial charge in [-0.2, -0.15) is 4.37 Å². The van der Waals surface area contributed by atoms with Gasteiger partial charge in [0.1, 0.15) is 16.3 Å². The summed E-state index contributed by atoms with van der Waals surface area (Å²) in [4.78, 5) is 17.7. The number of ether oxygens (including phenoxy) is 1. The third kappa shape index (κ3) is 2.94. The Morgan fingerprint density at radius 1 is 1.13 bits per heavy atom. The summed E-state index contributed by atoms with van der Waals surface area (Å²) in [7, 11) is 1.62. The zero-order valence-electron chi connectivity index (χ0n) is 16.6. The van der Waals surface area contributed by atoms with Crippen molar-refractivity contribution in [1.29, 1.82) is 0 Å². The molecule has 0 amide bonds. The Kier molecular flexibility index (Phi) is 4.32. The molecular formula is C21H18N6O2S. The number of hydrogen-bond donors (Lipinski definition) is 0. The molecule has 5 aromatic rings. The number of nitrogens with zero attached hydrogens (tertiary/aromatic N) is 6. The average Bonchev–Trinajstić information content (AvgIpc) is 3.39. The molecule has 4 heterocycles. The molecule has 0 spiro atoms. The van der Waals surface area contributed by atoms with Gasteiger partial charge in [0, 0.05) is 11.6 Å². The van der Waals surface area contributed by atoms with Crippen LogP contribution in [0.1, 0.15) is 24.2 Å². The Labute approximate surface area is 175 Å². The van der Waals surface area contributed by atoms with Crippen LogP contribution in [0.3, 0.4) is 0 Å². The van der Waals surface area contributed by atoms with Gasteiger partial charge in [0.05, 0.1) is 30.6 Å². The largest absolute Gasteiger partial charge is 0.495 e. The Balaban J connectivity index is 1.64. The summed E-state index contributed by atoms with van der Waals surface area (Å²) < 4.78 is 12.8. The fourth-order valence-electron chi connectivity index (χ4n) is 3.50. The van der Waals surface area contributed by atoms with Crippen molar-refractivity contribution in [3.05, 3.63) is 70.4 Å². The lowest BCUT2D eigenvalue weighted by atomic mass is 10.1. The zero-order chi connectivity index (χ0) is 20.8. The second-order valence-corrected chi connectivity index (χ2v) is 7.85. The molecule has 0 aliphatic rings. The summed E-state index contributed by atoms with van der Waals surface area (Å²) >= 11 is 1.29. The maximum atomic E-state index is 13.3. The van der Waals surface area contributed by atoms with Gasteiger partial charge in [0.2, 0.25) is 0 Å². The minimum Gasteiger partial charge on any atom is -0.495 e. The van der Waals surface area contributed by atoms with Crippen molar-refractivity contribution >= 4 is 33.5 Å². The van der Waals surface area contributed by atoms with Crippen LogP contribution in [0.5, 0.6) is 5.75 Å². The molecule has 0 saturated heterocycles. The van der Waals surface area contributed by atoms with Crippen LogP contribution in [-0.2, 0) is 0 Å². The van der Waals surface area contributed by atoms with Crippen LogP contribution in [0.15, 0.2) is 53.6 Å². The van der Waals surface area contributed by atoms with E-state index in [0.29, 0.717) is 16.8 Å². The van der Waals surface area contributed by atoms with Gasteiger partial charge in [0.15, 0.2) is 5.52 Å². The molecule has 30 heavy (non-hydrogen) atoms. The monoisotopic (exact) mass is 418 g/mol. The molecule has 9 heteroatoms. The van der Waals surface area contributed by atoms with Crippen molar-refractivity contribution in [3.8, 4) is 10.8 Å². The highest BCUT2D eigenvalue weighted by Crippen LogP contribution is 2.26. The lowest BCUT2D eigenvalue weighted by Crippen LogP contribution is -2.21. The zero-order valence-corrected chi connectivity index (χ0v) is 17.4. The van der Waals surface area contributed by atoms with Gasteiger partial charge in [-0.25, -0.2) is 4.68 Å². The van der Waals surface area contributed by atoms with E-state index in [2.05, 4.69) is 19.7 Å². The first-order valence-electron chi connectivity index (χ1n) is 9.39. The van der Waals surface area contributed by atoms with Crippen molar-refractivity contribution in [3.63, 3.8) is 0 Å². The standard InChI is InChI=1S/C21H18N6O2S/c1-12-8-19(30-24-12)26-7-6-18-20(21(26)28)27(25-23-18)13(2)14-4-5-17-15(9-14)10-16(29-3)11-22-17/h4-11,13H,1-3H3/t13-/m0/s1. The van der Waals surface area contributed by atoms with E-state index in [0.717, 1.165) is 27.2 Å². The minimum atomic E-state index is -0.197. The second-order valence-electron chi connectivity index (χ2n) is 7.07. The summed E-state index contributed by atoms with van der Waals surface area (Å²) in [5.74, 6) is 0.696. The maximum absolute atomic E-state index is 13.3. The number of aryl methyl sites for hydroxylation is 1. The number of methoxy groups -OCH3 is 1. The molecule has 0 radical (unpaired) electrons. The Morgan fingerprint density at radius 2 is 2.00 bits per heavy atom. The van der Waals surface area contributed by atoms with E-state index >= 15 is 0 Å². The summed E-state index contributed by atoms with van der Waals surface area (Å²) in [6.07, 6.45) is 3.41. The predicted octanol–water partition coefficient (Wildman–Crippen LogP) is 3.51. The van der Waals surface area contributed by atoms with E-state index in [4.69, 9.17) is 4.74 Å². The summed E-state index contributed by atoms with van der Waals surface area (Å²) in [5.41, 5.74) is 3.60. The third-order valence-electron chi connectivity index (χ3n) is 5.14. The normalized spacial score (nSPS) is 12.5. The fraction of sp³-hybridized carbons (Fsp3) is 0.190. The van der Waals surface area contributed by atoms with Crippen molar-refractivity contribution in [2.45, 2.75) is 19.9 Å². The number of pyridine rings is 2. The molecule has 0 N–H and O–H groups in total. The van der Waals surface area contributed by atoms with E-state index in [1.165, 1.54) is 11.5 Å². The quantitative estimate of drug-likeness (QED) is 0.444. The summed E-state index contributed by atoms with van der Waals surface area (Å²) in [5, 5.41) is 10.2. The highest BCUT2D eigenvalue weighted by Gasteiger charge is 2.18. The van der Waals surface area contributed by atoms with Gasteiger partial charge in [-0.1, -0.05) is 11.3 Å². The van der Waals surface area contributed by atoms with Crippen molar-refractivity contribution < 1.29 is 4.74 Å². The van der Waals surface area contributed by atoms with Gasteiger partial charge in [-0.3, -0.25) is 14.3 Å². The molecule has 0 saturated carbocycles. The van der Waals surface area contributed by atoms with Crippen molar-refractivity contribution in [2.24, 2.45) is 0 Å². The second kappa shape index (κ2) is 7.03. The Morgan fingerprint density at radius 3 is 2.77 bits per heavy atom. The van der Waals surface area contributed by atoms with Crippen molar-refractivity contribution in [1.82, 2.24) is 28.9 Å². The number of hydrogen-bond acceptors (Lipinski definition) is 7. The van der Waals surface area contributed by atoms with Gasteiger partial charge in [-0.15, -0.1) is 5.10 Å². The minimum absolute atomic E-state index is 0.169. The average molecular weight is 418 g/mol. The van der Waals surface area contributed by atoms with Gasteiger partial charge >= 0.3 is 0 Å². The summed E-state index contributed by atoms with van der Waals surface area (Å²) in [6, 6.07) is 11.4. The van der Waals surface area contributed by atoms with Crippen molar-refractivity contribution in [2.75, 3.05) is 7.11 Å². The topological polar surface area (TPSA) is 87.7 Å². The van der Waals surface area contributed by atoms with Crippen LogP contribution in [0.2, 0.25) is 0 Å². The molecule has 0 fully saturated rings. The van der Waals surface area contributed by atoms with Crippen LogP contribution >= 0.6 is 11.5 Å². The molecule has 1 aromatic carbocycles. The van der Waals surface area contributed by atoms with E-state index in [1.807, 2.05) is 44.2 Å². The van der Waals surface area contributed by atoms with E-state index in [1.54, 1.807) is 34.8 Å². The SMILES string of the molecule is COc1cnc2ccc([C@H](C)n3nnc4ccn(-c5cc(C)ns5)c(=O)c43)cc2c1. The lowest BCUT2D eigenvalue weighted by molar-refractivity contribution is 0.414. The number of aromatic nitrogens is 6. The first kappa shape index (κ1) is 18.4. The van der Waals surface area contributed by atoms with Gasteiger partial charge in [-0.05, 0) is 61.3 Å². The number of fused-ring (bicyclic) bond motifs is 2. The van der Waals surface area contributed by atoms with Gasteiger partial charge < -0.3 is 4.74 Å². The molecular weight excluding hydrogens is 400 g/mol.